The highest BCUT2D eigenvalue weighted by Gasteiger charge is 2.05. The molecule has 0 amide bonds. The van der Waals surface area contributed by atoms with Crippen LogP contribution in [0.15, 0.2) is 35.7 Å². The number of rotatable bonds is 4. The fraction of sp³-hybridized carbons (Fsp3) is 0.250. The summed E-state index contributed by atoms with van der Waals surface area (Å²) in [6.07, 6.45) is 0. The predicted octanol–water partition coefficient (Wildman–Crippen LogP) is 2.86. The molecular weight excluding hydrogens is 273 g/mol. The van der Waals surface area contributed by atoms with Gasteiger partial charge in [0, 0.05) is 18.0 Å². The first kappa shape index (κ1) is 14.7. The van der Waals surface area contributed by atoms with Crippen molar-refractivity contribution in [3.8, 4) is 11.8 Å². The van der Waals surface area contributed by atoms with E-state index in [1.807, 2.05) is 13.1 Å². The Bertz CT molecular complexity index is 613. The third-order valence-electron chi connectivity index (χ3n) is 2.79. The average molecular weight is 289 g/mol. The van der Waals surface area contributed by atoms with Crippen molar-refractivity contribution in [2.75, 3.05) is 13.7 Å². The molecule has 1 aromatic heterocycles. The van der Waals surface area contributed by atoms with E-state index in [1.54, 1.807) is 23.5 Å². The van der Waals surface area contributed by atoms with Gasteiger partial charge in [-0.25, -0.2) is 4.39 Å². The van der Waals surface area contributed by atoms with Crippen molar-refractivity contribution in [1.82, 2.24) is 4.90 Å². The summed E-state index contributed by atoms with van der Waals surface area (Å²) in [6, 6.07) is 9.07. The van der Waals surface area contributed by atoms with E-state index in [9.17, 15) is 4.39 Å². The lowest BCUT2D eigenvalue weighted by molar-refractivity contribution is 0.322. The average Bonchev–Trinajstić information content (AvgIpc) is 2.92. The van der Waals surface area contributed by atoms with Gasteiger partial charge in [0.05, 0.1) is 5.56 Å². The number of aliphatic hydroxyl groups excluding tert-OH is 1. The maximum atomic E-state index is 13.5. The second-order valence-corrected chi connectivity index (χ2v) is 5.56. The number of thiophene rings is 1. The standard InChI is InChI=1S/C16H16FNOS/c1-18(12-15-5-3-9-20-15)11-13-6-7-16(17)14(10-13)4-2-8-19/h3,5-7,9-10,19H,8,11-12H2,1H3. The maximum Gasteiger partial charge on any atom is 0.138 e. The second-order valence-electron chi connectivity index (χ2n) is 4.53. The van der Waals surface area contributed by atoms with E-state index in [0.29, 0.717) is 5.56 Å². The number of hydrogen-bond donors (Lipinski definition) is 1. The Morgan fingerprint density at radius 2 is 2.15 bits per heavy atom. The minimum atomic E-state index is -0.351. The van der Waals surface area contributed by atoms with Crippen molar-refractivity contribution in [2.24, 2.45) is 0 Å². The summed E-state index contributed by atoms with van der Waals surface area (Å²) in [5, 5.41) is 10.7. The minimum absolute atomic E-state index is 0.262. The molecule has 0 bridgehead atoms. The molecule has 104 valence electrons. The fourth-order valence-electron chi connectivity index (χ4n) is 1.94. The summed E-state index contributed by atoms with van der Waals surface area (Å²) < 4.78 is 13.5. The molecule has 1 aromatic carbocycles. The molecule has 0 fully saturated rings. The smallest absolute Gasteiger partial charge is 0.138 e. The molecule has 0 saturated carbocycles. The van der Waals surface area contributed by atoms with E-state index in [4.69, 9.17) is 5.11 Å². The number of aliphatic hydroxyl groups is 1. The lowest BCUT2D eigenvalue weighted by Gasteiger charge is -2.16. The third kappa shape index (κ3) is 4.17. The van der Waals surface area contributed by atoms with Crippen LogP contribution >= 0.6 is 11.3 Å². The highest BCUT2D eigenvalue weighted by Crippen LogP contribution is 2.15. The quantitative estimate of drug-likeness (QED) is 0.875. The van der Waals surface area contributed by atoms with Gasteiger partial charge < -0.3 is 5.11 Å². The van der Waals surface area contributed by atoms with Gasteiger partial charge in [0.2, 0.25) is 0 Å². The van der Waals surface area contributed by atoms with Crippen molar-refractivity contribution < 1.29 is 9.50 Å². The Morgan fingerprint density at radius 1 is 1.30 bits per heavy atom. The predicted molar refractivity (Wildman–Crippen MR) is 79.9 cm³/mol. The number of nitrogens with zero attached hydrogens (tertiary/aromatic N) is 1. The van der Waals surface area contributed by atoms with Crippen LogP contribution in [0, 0.1) is 17.7 Å². The Kier molecular flexibility index (Phi) is 5.31. The summed E-state index contributed by atoms with van der Waals surface area (Å²) in [6.45, 7) is 1.33. The number of halogens is 1. The zero-order chi connectivity index (χ0) is 14.4. The van der Waals surface area contributed by atoms with Gasteiger partial charge in [-0.1, -0.05) is 24.0 Å². The second kappa shape index (κ2) is 7.20. The van der Waals surface area contributed by atoms with Gasteiger partial charge in [-0.3, -0.25) is 4.90 Å². The number of benzene rings is 1. The van der Waals surface area contributed by atoms with Crippen LogP contribution in [0.3, 0.4) is 0 Å². The highest BCUT2D eigenvalue weighted by atomic mass is 32.1. The topological polar surface area (TPSA) is 23.5 Å². The maximum absolute atomic E-state index is 13.5. The first-order valence-electron chi connectivity index (χ1n) is 6.28. The summed E-state index contributed by atoms with van der Waals surface area (Å²) in [4.78, 5) is 3.47. The molecule has 0 unspecified atom stereocenters. The van der Waals surface area contributed by atoms with Crippen LogP contribution < -0.4 is 0 Å². The van der Waals surface area contributed by atoms with E-state index in [1.165, 1.54) is 10.9 Å². The first-order valence-corrected chi connectivity index (χ1v) is 7.16. The van der Waals surface area contributed by atoms with Gasteiger partial charge in [-0.2, -0.15) is 0 Å². The molecule has 2 aromatic rings. The van der Waals surface area contributed by atoms with Gasteiger partial charge in [0.15, 0.2) is 0 Å². The monoisotopic (exact) mass is 289 g/mol. The van der Waals surface area contributed by atoms with Crippen LogP contribution in [0.1, 0.15) is 16.0 Å². The molecule has 0 aliphatic heterocycles. The van der Waals surface area contributed by atoms with Crippen molar-refractivity contribution >= 4 is 11.3 Å². The lowest BCUT2D eigenvalue weighted by Crippen LogP contribution is -2.16. The van der Waals surface area contributed by atoms with Crippen LogP contribution in [0.25, 0.3) is 0 Å². The van der Waals surface area contributed by atoms with Gasteiger partial charge in [0.1, 0.15) is 12.4 Å². The van der Waals surface area contributed by atoms with Crippen molar-refractivity contribution in [2.45, 2.75) is 13.1 Å². The van der Waals surface area contributed by atoms with Crippen LogP contribution in [0.5, 0.6) is 0 Å². The summed E-state index contributed by atoms with van der Waals surface area (Å²) in [7, 11) is 2.03. The highest BCUT2D eigenvalue weighted by molar-refractivity contribution is 7.09. The van der Waals surface area contributed by atoms with Gasteiger partial charge >= 0.3 is 0 Å². The van der Waals surface area contributed by atoms with Crippen molar-refractivity contribution in [1.29, 1.82) is 0 Å². The molecule has 1 N–H and O–H groups in total. The first-order chi connectivity index (χ1) is 9.69. The minimum Gasteiger partial charge on any atom is -0.384 e. The molecule has 0 radical (unpaired) electrons. The normalized spacial score (nSPS) is 10.4. The zero-order valence-electron chi connectivity index (χ0n) is 11.3. The largest absolute Gasteiger partial charge is 0.384 e. The molecule has 4 heteroatoms. The van der Waals surface area contributed by atoms with Crippen LogP contribution in [0.2, 0.25) is 0 Å². The number of hydrogen-bond acceptors (Lipinski definition) is 3. The Balaban J connectivity index is 2.05. The van der Waals surface area contributed by atoms with Gasteiger partial charge in [-0.15, -0.1) is 11.3 Å². The van der Waals surface area contributed by atoms with Crippen molar-refractivity contribution in [3.05, 3.63) is 57.5 Å². The fourth-order valence-corrected chi connectivity index (χ4v) is 2.72. The van der Waals surface area contributed by atoms with E-state index in [0.717, 1.165) is 18.7 Å². The molecule has 0 aliphatic rings. The van der Waals surface area contributed by atoms with Gasteiger partial charge in [-0.05, 0) is 36.2 Å². The SMILES string of the molecule is CN(Cc1ccc(F)c(C#CCO)c1)Cc1cccs1. The molecule has 20 heavy (non-hydrogen) atoms. The summed E-state index contributed by atoms with van der Waals surface area (Å²) in [5.41, 5.74) is 1.34. The zero-order valence-corrected chi connectivity index (χ0v) is 12.1. The van der Waals surface area contributed by atoms with E-state index in [2.05, 4.69) is 28.2 Å². The van der Waals surface area contributed by atoms with E-state index >= 15 is 0 Å². The molecule has 2 nitrogen and oxygen atoms in total. The van der Waals surface area contributed by atoms with Gasteiger partial charge in [0.25, 0.3) is 0 Å². The van der Waals surface area contributed by atoms with Crippen LogP contribution in [0.4, 0.5) is 4.39 Å². The molecule has 0 saturated heterocycles. The van der Waals surface area contributed by atoms with E-state index in [-0.39, 0.29) is 12.4 Å². The molecule has 0 spiro atoms. The van der Waals surface area contributed by atoms with Crippen LogP contribution in [-0.2, 0) is 13.1 Å². The summed E-state index contributed by atoms with van der Waals surface area (Å²) >= 11 is 1.73. The molecule has 1 heterocycles. The lowest BCUT2D eigenvalue weighted by atomic mass is 10.1. The van der Waals surface area contributed by atoms with Crippen LogP contribution in [-0.4, -0.2) is 23.7 Å². The molecule has 2 rings (SSSR count). The molecule has 0 aliphatic carbocycles. The van der Waals surface area contributed by atoms with Crippen molar-refractivity contribution in [3.63, 3.8) is 0 Å². The third-order valence-corrected chi connectivity index (χ3v) is 3.65. The molecular formula is C16H16FNOS. The molecule has 0 atom stereocenters. The Hall–Kier alpha value is -1.67. The van der Waals surface area contributed by atoms with E-state index < -0.39 is 0 Å². The Morgan fingerprint density at radius 3 is 2.85 bits per heavy atom. The summed E-state index contributed by atoms with van der Waals surface area (Å²) in [5.74, 6) is 4.75. The Labute approximate surface area is 122 Å².